The summed E-state index contributed by atoms with van der Waals surface area (Å²) in [6, 6.07) is 8.10. The van der Waals surface area contributed by atoms with Crippen LogP contribution in [0.5, 0.6) is 5.75 Å². The molecule has 1 saturated heterocycles. The van der Waals surface area contributed by atoms with Gasteiger partial charge in [-0.2, -0.15) is 0 Å². The second-order valence-electron chi connectivity index (χ2n) is 5.40. The molecule has 1 aromatic rings. The maximum atomic E-state index is 5.97. The SMILES string of the molecule is CC1OCCC1CNCC1CNc2ccccc2O1. The molecule has 1 aromatic carbocycles. The Kier molecular flexibility index (Phi) is 3.89. The fourth-order valence-corrected chi connectivity index (χ4v) is 2.75. The number of nitrogens with one attached hydrogen (secondary N) is 2. The van der Waals surface area contributed by atoms with Crippen LogP contribution < -0.4 is 15.4 Å². The van der Waals surface area contributed by atoms with E-state index in [1.165, 1.54) is 6.42 Å². The molecule has 2 N–H and O–H groups in total. The van der Waals surface area contributed by atoms with Crippen LogP contribution in [0.15, 0.2) is 24.3 Å². The van der Waals surface area contributed by atoms with Gasteiger partial charge < -0.3 is 20.1 Å². The fourth-order valence-electron chi connectivity index (χ4n) is 2.75. The van der Waals surface area contributed by atoms with Crippen LogP contribution in [0.4, 0.5) is 5.69 Å². The highest BCUT2D eigenvalue weighted by atomic mass is 16.5. The zero-order valence-electron chi connectivity index (χ0n) is 11.4. The smallest absolute Gasteiger partial charge is 0.142 e. The number of hydrogen-bond donors (Lipinski definition) is 2. The Hall–Kier alpha value is -1.26. The van der Waals surface area contributed by atoms with Gasteiger partial charge in [-0.1, -0.05) is 12.1 Å². The van der Waals surface area contributed by atoms with E-state index in [0.29, 0.717) is 12.0 Å². The Morgan fingerprint density at radius 3 is 3.05 bits per heavy atom. The van der Waals surface area contributed by atoms with Crippen LogP contribution in [0, 0.1) is 5.92 Å². The third-order valence-electron chi connectivity index (χ3n) is 4.01. The van der Waals surface area contributed by atoms with Crippen molar-refractivity contribution in [2.75, 3.05) is 31.6 Å². The van der Waals surface area contributed by atoms with Crippen molar-refractivity contribution >= 4 is 5.69 Å². The average Bonchev–Trinajstić information content (AvgIpc) is 2.84. The third kappa shape index (κ3) is 3.01. The largest absolute Gasteiger partial charge is 0.485 e. The van der Waals surface area contributed by atoms with Crippen molar-refractivity contribution in [3.63, 3.8) is 0 Å². The summed E-state index contributed by atoms with van der Waals surface area (Å²) in [4.78, 5) is 0. The van der Waals surface area contributed by atoms with E-state index >= 15 is 0 Å². The van der Waals surface area contributed by atoms with Gasteiger partial charge >= 0.3 is 0 Å². The summed E-state index contributed by atoms with van der Waals surface area (Å²) in [7, 11) is 0. The molecule has 1 fully saturated rings. The summed E-state index contributed by atoms with van der Waals surface area (Å²) < 4.78 is 11.5. The Bertz CT molecular complexity index is 424. The van der Waals surface area contributed by atoms with Crippen molar-refractivity contribution in [3.05, 3.63) is 24.3 Å². The first kappa shape index (κ1) is 12.8. The molecule has 104 valence electrons. The summed E-state index contributed by atoms with van der Waals surface area (Å²) in [6.07, 6.45) is 1.76. The molecule has 0 amide bonds. The molecule has 3 rings (SSSR count). The lowest BCUT2D eigenvalue weighted by atomic mass is 10.0. The summed E-state index contributed by atoms with van der Waals surface area (Å²) in [5.74, 6) is 1.60. The zero-order chi connectivity index (χ0) is 13.1. The second kappa shape index (κ2) is 5.80. The first-order valence-corrected chi connectivity index (χ1v) is 7.15. The highest BCUT2D eigenvalue weighted by Crippen LogP contribution is 2.28. The lowest BCUT2D eigenvalue weighted by molar-refractivity contribution is 0.104. The van der Waals surface area contributed by atoms with E-state index in [2.05, 4.69) is 23.6 Å². The van der Waals surface area contributed by atoms with Crippen LogP contribution in [0.3, 0.4) is 0 Å². The van der Waals surface area contributed by atoms with E-state index in [4.69, 9.17) is 9.47 Å². The standard InChI is InChI=1S/C15H22N2O2/c1-11-12(6-7-18-11)8-16-9-13-10-17-14-4-2-3-5-15(14)19-13/h2-5,11-13,16-17H,6-10H2,1H3. The van der Waals surface area contributed by atoms with Gasteiger partial charge in [0.25, 0.3) is 0 Å². The third-order valence-corrected chi connectivity index (χ3v) is 4.01. The van der Waals surface area contributed by atoms with Crippen molar-refractivity contribution in [1.82, 2.24) is 5.32 Å². The number of rotatable bonds is 4. The summed E-state index contributed by atoms with van der Waals surface area (Å²) >= 11 is 0. The zero-order valence-corrected chi connectivity index (χ0v) is 11.4. The topological polar surface area (TPSA) is 42.5 Å². The summed E-state index contributed by atoms with van der Waals surface area (Å²) in [6.45, 7) is 5.82. The predicted molar refractivity (Wildman–Crippen MR) is 75.7 cm³/mol. The maximum absolute atomic E-state index is 5.97. The first-order valence-electron chi connectivity index (χ1n) is 7.15. The highest BCUT2D eigenvalue weighted by Gasteiger charge is 2.24. The molecule has 0 aliphatic carbocycles. The molecule has 2 heterocycles. The van der Waals surface area contributed by atoms with E-state index < -0.39 is 0 Å². The lowest BCUT2D eigenvalue weighted by Crippen LogP contribution is -2.41. The monoisotopic (exact) mass is 262 g/mol. The molecule has 0 bridgehead atoms. The Balaban J connectivity index is 1.45. The average molecular weight is 262 g/mol. The Labute approximate surface area is 114 Å². The van der Waals surface area contributed by atoms with E-state index in [1.807, 2.05) is 18.2 Å². The molecule has 4 heteroatoms. The van der Waals surface area contributed by atoms with Gasteiger partial charge in [-0.05, 0) is 31.4 Å². The summed E-state index contributed by atoms with van der Waals surface area (Å²) in [5.41, 5.74) is 1.09. The number of benzene rings is 1. The molecule has 2 aliphatic heterocycles. The molecule has 0 saturated carbocycles. The van der Waals surface area contributed by atoms with Crippen LogP contribution in [0.2, 0.25) is 0 Å². The maximum Gasteiger partial charge on any atom is 0.142 e. The van der Waals surface area contributed by atoms with Crippen LogP contribution >= 0.6 is 0 Å². The van der Waals surface area contributed by atoms with Gasteiger partial charge in [-0.3, -0.25) is 0 Å². The fraction of sp³-hybridized carbons (Fsp3) is 0.600. The normalized spacial score (nSPS) is 29.4. The van der Waals surface area contributed by atoms with Gasteiger partial charge in [0, 0.05) is 19.7 Å². The van der Waals surface area contributed by atoms with Crippen molar-refractivity contribution in [2.24, 2.45) is 5.92 Å². The number of ether oxygens (including phenoxy) is 2. The lowest BCUT2D eigenvalue weighted by Gasteiger charge is -2.28. The van der Waals surface area contributed by atoms with Crippen molar-refractivity contribution in [1.29, 1.82) is 0 Å². The van der Waals surface area contributed by atoms with Gasteiger partial charge in [0.05, 0.1) is 18.3 Å². The van der Waals surface area contributed by atoms with E-state index in [1.54, 1.807) is 0 Å². The van der Waals surface area contributed by atoms with E-state index in [0.717, 1.165) is 37.7 Å². The quantitative estimate of drug-likeness (QED) is 0.869. The number of para-hydroxylation sites is 2. The molecule has 0 spiro atoms. The van der Waals surface area contributed by atoms with Crippen molar-refractivity contribution < 1.29 is 9.47 Å². The van der Waals surface area contributed by atoms with Crippen LogP contribution in [-0.2, 0) is 4.74 Å². The molecular weight excluding hydrogens is 240 g/mol. The van der Waals surface area contributed by atoms with E-state index in [-0.39, 0.29) is 6.10 Å². The van der Waals surface area contributed by atoms with Crippen molar-refractivity contribution in [2.45, 2.75) is 25.6 Å². The minimum absolute atomic E-state index is 0.201. The van der Waals surface area contributed by atoms with Crippen LogP contribution in [0.25, 0.3) is 0 Å². The van der Waals surface area contributed by atoms with Gasteiger partial charge in [-0.15, -0.1) is 0 Å². The van der Waals surface area contributed by atoms with Crippen molar-refractivity contribution in [3.8, 4) is 5.75 Å². The van der Waals surface area contributed by atoms with Gasteiger partial charge in [-0.25, -0.2) is 0 Å². The molecule has 0 radical (unpaired) electrons. The van der Waals surface area contributed by atoms with Crippen LogP contribution in [-0.4, -0.2) is 38.4 Å². The van der Waals surface area contributed by atoms with Gasteiger partial charge in [0.15, 0.2) is 0 Å². The Morgan fingerprint density at radius 1 is 1.32 bits per heavy atom. The molecule has 2 aliphatic rings. The Morgan fingerprint density at radius 2 is 2.21 bits per heavy atom. The molecule has 3 unspecified atom stereocenters. The molecular formula is C15H22N2O2. The minimum Gasteiger partial charge on any atom is -0.485 e. The number of hydrogen-bond acceptors (Lipinski definition) is 4. The minimum atomic E-state index is 0.201. The second-order valence-corrected chi connectivity index (χ2v) is 5.40. The van der Waals surface area contributed by atoms with Gasteiger partial charge in [0.2, 0.25) is 0 Å². The molecule has 4 nitrogen and oxygen atoms in total. The number of anilines is 1. The highest BCUT2D eigenvalue weighted by molar-refractivity contribution is 5.57. The molecule has 3 atom stereocenters. The van der Waals surface area contributed by atoms with Crippen LogP contribution in [0.1, 0.15) is 13.3 Å². The predicted octanol–water partition coefficient (Wildman–Crippen LogP) is 1.87. The summed E-state index contributed by atoms with van der Waals surface area (Å²) in [5, 5.41) is 6.92. The number of fused-ring (bicyclic) bond motifs is 1. The molecule has 19 heavy (non-hydrogen) atoms. The van der Waals surface area contributed by atoms with Gasteiger partial charge in [0.1, 0.15) is 11.9 Å². The first-order chi connectivity index (χ1) is 9.33. The van der Waals surface area contributed by atoms with E-state index in [9.17, 15) is 0 Å². The molecule has 0 aromatic heterocycles.